The second-order valence-corrected chi connectivity index (χ2v) is 9.87. The summed E-state index contributed by atoms with van der Waals surface area (Å²) in [4.78, 5) is 6.57. The maximum absolute atomic E-state index is 12.8. The zero-order valence-corrected chi connectivity index (χ0v) is 18.1. The first-order chi connectivity index (χ1) is 14.4. The molecule has 9 heteroatoms. The van der Waals surface area contributed by atoms with Gasteiger partial charge in [0.25, 0.3) is 0 Å². The van der Waals surface area contributed by atoms with Gasteiger partial charge >= 0.3 is 0 Å². The molecule has 2 aliphatic heterocycles. The summed E-state index contributed by atoms with van der Waals surface area (Å²) in [6, 6.07) is 8.61. The van der Waals surface area contributed by atoms with Crippen LogP contribution in [0.25, 0.3) is 11.5 Å². The molecule has 0 amide bonds. The summed E-state index contributed by atoms with van der Waals surface area (Å²) in [6.45, 7) is 6.31. The van der Waals surface area contributed by atoms with E-state index < -0.39 is 10.0 Å². The zero-order valence-electron chi connectivity index (χ0n) is 17.2. The molecular formula is C21H26N4O4S. The van der Waals surface area contributed by atoms with Crippen molar-refractivity contribution in [3.63, 3.8) is 0 Å². The smallest absolute Gasteiger partial charge is 0.243 e. The number of hydrogen-bond donors (Lipinski definition) is 0. The van der Waals surface area contributed by atoms with Crippen LogP contribution in [0.2, 0.25) is 0 Å². The number of morpholine rings is 1. The number of benzene rings is 1. The van der Waals surface area contributed by atoms with Gasteiger partial charge in [-0.05, 0) is 51.0 Å². The molecule has 4 rings (SSSR count). The summed E-state index contributed by atoms with van der Waals surface area (Å²) in [7, 11) is -3.49. The standard InChI is InChI=1S/C21H26N4O4S/c1-15-13-24(14-16(2)28-15)21-19(12-22)23-20(29-21)17-6-8-18(9-7-17)30(26,27)25-10-4-3-5-11-25/h6-9,15-16H,3-5,10-11,13-14H2,1-2H3/t15-,16+. The highest BCUT2D eigenvalue weighted by Gasteiger charge is 2.29. The minimum absolute atomic E-state index is 0.0214. The van der Waals surface area contributed by atoms with Gasteiger partial charge in [0, 0.05) is 31.7 Å². The molecule has 2 aromatic rings. The Balaban J connectivity index is 1.59. The number of rotatable bonds is 4. The Kier molecular flexibility index (Phi) is 5.82. The number of nitrogens with zero attached hydrogens (tertiary/aromatic N) is 4. The number of oxazole rings is 1. The molecule has 2 atom stereocenters. The van der Waals surface area contributed by atoms with Crippen LogP contribution in [-0.4, -0.2) is 56.1 Å². The second kappa shape index (κ2) is 8.38. The zero-order chi connectivity index (χ0) is 21.3. The van der Waals surface area contributed by atoms with E-state index in [-0.39, 0.29) is 22.8 Å². The van der Waals surface area contributed by atoms with Crippen LogP contribution in [0.4, 0.5) is 5.88 Å². The third-order valence-electron chi connectivity index (χ3n) is 5.48. The van der Waals surface area contributed by atoms with Gasteiger partial charge in [0.1, 0.15) is 6.07 Å². The summed E-state index contributed by atoms with van der Waals surface area (Å²) in [5.74, 6) is 0.731. The van der Waals surface area contributed by atoms with Crippen molar-refractivity contribution < 1.29 is 17.6 Å². The van der Waals surface area contributed by atoms with Crippen LogP contribution in [0.3, 0.4) is 0 Å². The molecule has 30 heavy (non-hydrogen) atoms. The van der Waals surface area contributed by atoms with E-state index in [0.29, 0.717) is 43.5 Å². The van der Waals surface area contributed by atoms with Crippen molar-refractivity contribution in [2.24, 2.45) is 0 Å². The Morgan fingerprint density at radius 2 is 1.70 bits per heavy atom. The summed E-state index contributed by atoms with van der Waals surface area (Å²) in [5, 5.41) is 9.52. The van der Waals surface area contributed by atoms with Crippen LogP contribution in [0, 0.1) is 11.3 Å². The van der Waals surface area contributed by atoms with Crippen molar-refractivity contribution in [2.45, 2.75) is 50.2 Å². The average molecular weight is 431 g/mol. The summed E-state index contributed by atoms with van der Waals surface area (Å²) in [6.07, 6.45) is 2.90. The van der Waals surface area contributed by atoms with Gasteiger partial charge in [0.15, 0.2) is 0 Å². The van der Waals surface area contributed by atoms with Crippen LogP contribution in [-0.2, 0) is 14.8 Å². The Hall–Kier alpha value is -2.41. The Morgan fingerprint density at radius 1 is 1.07 bits per heavy atom. The van der Waals surface area contributed by atoms with E-state index in [9.17, 15) is 13.7 Å². The van der Waals surface area contributed by atoms with E-state index in [2.05, 4.69) is 11.1 Å². The number of nitriles is 1. The van der Waals surface area contributed by atoms with E-state index >= 15 is 0 Å². The number of ether oxygens (including phenoxy) is 1. The monoisotopic (exact) mass is 430 g/mol. The first kappa shape index (κ1) is 20.8. The predicted molar refractivity (Wildman–Crippen MR) is 111 cm³/mol. The first-order valence-corrected chi connectivity index (χ1v) is 11.7. The molecule has 2 saturated heterocycles. The molecule has 2 fully saturated rings. The summed E-state index contributed by atoms with van der Waals surface area (Å²) in [5.41, 5.74) is 0.848. The van der Waals surface area contributed by atoms with E-state index in [1.807, 2.05) is 18.7 Å². The minimum Gasteiger partial charge on any atom is -0.419 e. The topological polar surface area (TPSA) is 99.7 Å². The summed E-state index contributed by atoms with van der Waals surface area (Å²) < 4.78 is 38.9. The van der Waals surface area contributed by atoms with Gasteiger partial charge in [-0.15, -0.1) is 0 Å². The number of hydrogen-bond acceptors (Lipinski definition) is 7. The molecule has 0 radical (unpaired) electrons. The molecule has 0 N–H and O–H groups in total. The van der Waals surface area contributed by atoms with Crippen molar-refractivity contribution >= 4 is 15.9 Å². The Morgan fingerprint density at radius 3 is 2.30 bits per heavy atom. The fourth-order valence-electron chi connectivity index (χ4n) is 4.09. The van der Waals surface area contributed by atoms with Crippen LogP contribution >= 0.6 is 0 Å². The molecule has 0 aliphatic carbocycles. The van der Waals surface area contributed by atoms with Crippen molar-refractivity contribution in [1.82, 2.24) is 9.29 Å². The molecule has 3 heterocycles. The second-order valence-electron chi connectivity index (χ2n) is 7.94. The fraction of sp³-hybridized carbons (Fsp3) is 0.524. The largest absolute Gasteiger partial charge is 0.419 e. The maximum atomic E-state index is 12.8. The molecular weight excluding hydrogens is 404 g/mol. The highest BCUT2D eigenvalue weighted by molar-refractivity contribution is 7.89. The van der Waals surface area contributed by atoms with E-state index in [1.54, 1.807) is 28.6 Å². The van der Waals surface area contributed by atoms with Gasteiger partial charge < -0.3 is 14.1 Å². The van der Waals surface area contributed by atoms with Gasteiger partial charge in [-0.3, -0.25) is 0 Å². The van der Waals surface area contributed by atoms with Crippen molar-refractivity contribution in [1.29, 1.82) is 5.26 Å². The SMILES string of the molecule is C[C@@H]1CN(c2oc(-c3ccc(S(=O)(=O)N4CCCCC4)cc3)nc2C#N)C[C@H](C)O1. The molecule has 1 aromatic carbocycles. The van der Waals surface area contributed by atoms with Crippen LogP contribution in [0.1, 0.15) is 38.8 Å². The Labute approximate surface area is 177 Å². The number of piperidine rings is 1. The highest BCUT2D eigenvalue weighted by atomic mass is 32.2. The number of anilines is 1. The van der Waals surface area contributed by atoms with Crippen LogP contribution in [0.5, 0.6) is 0 Å². The Bertz CT molecular complexity index is 1030. The number of sulfonamides is 1. The average Bonchev–Trinajstić information content (AvgIpc) is 3.18. The molecule has 1 aromatic heterocycles. The molecule has 0 saturated carbocycles. The van der Waals surface area contributed by atoms with Gasteiger partial charge in [-0.1, -0.05) is 6.42 Å². The van der Waals surface area contributed by atoms with Crippen molar-refractivity contribution in [2.75, 3.05) is 31.1 Å². The quantitative estimate of drug-likeness (QED) is 0.735. The lowest BCUT2D eigenvalue weighted by molar-refractivity contribution is -0.00638. The van der Waals surface area contributed by atoms with Gasteiger partial charge in [-0.2, -0.15) is 14.6 Å². The van der Waals surface area contributed by atoms with Gasteiger partial charge in [0.05, 0.1) is 17.1 Å². The minimum atomic E-state index is -3.49. The lowest BCUT2D eigenvalue weighted by Gasteiger charge is -2.34. The maximum Gasteiger partial charge on any atom is 0.243 e. The fourth-order valence-corrected chi connectivity index (χ4v) is 5.61. The molecule has 2 aliphatic rings. The van der Waals surface area contributed by atoms with E-state index in [0.717, 1.165) is 19.3 Å². The van der Waals surface area contributed by atoms with Gasteiger partial charge in [-0.25, -0.2) is 8.42 Å². The predicted octanol–water partition coefficient (Wildman–Crippen LogP) is 3.00. The number of aromatic nitrogens is 1. The molecule has 160 valence electrons. The van der Waals surface area contributed by atoms with Crippen molar-refractivity contribution in [3.8, 4) is 17.5 Å². The molecule has 8 nitrogen and oxygen atoms in total. The molecule has 0 bridgehead atoms. The van der Waals surface area contributed by atoms with Crippen molar-refractivity contribution in [3.05, 3.63) is 30.0 Å². The molecule has 0 unspecified atom stereocenters. The first-order valence-electron chi connectivity index (χ1n) is 10.3. The molecule has 0 spiro atoms. The summed E-state index contributed by atoms with van der Waals surface area (Å²) >= 11 is 0. The van der Waals surface area contributed by atoms with E-state index in [1.165, 1.54) is 0 Å². The van der Waals surface area contributed by atoms with Crippen LogP contribution in [0.15, 0.2) is 33.6 Å². The third-order valence-corrected chi connectivity index (χ3v) is 7.39. The normalized spacial score (nSPS) is 23.3. The lowest BCUT2D eigenvalue weighted by Crippen LogP contribution is -2.45. The third kappa shape index (κ3) is 4.08. The lowest BCUT2D eigenvalue weighted by atomic mass is 10.2. The highest BCUT2D eigenvalue weighted by Crippen LogP contribution is 2.31. The van der Waals surface area contributed by atoms with Crippen LogP contribution < -0.4 is 4.90 Å². The van der Waals surface area contributed by atoms with Gasteiger partial charge in [0.2, 0.25) is 27.5 Å². The van der Waals surface area contributed by atoms with E-state index in [4.69, 9.17) is 9.15 Å².